The van der Waals surface area contributed by atoms with E-state index in [1.54, 1.807) is 36.4 Å². The van der Waals surface area contributed by atoms with Crippen LogP contribution in [0.2, 0.25) is 5.02 Å². The molecule has 9 nitrogen and oxygen atoms in total. The maximum absolute atomic E-state index is 11.4. The number of rotatable bonds is 7. The molecule has 0 fully saturated rings. The minimum atomic E-state index is -0.818. The van der Waals surface area contributed by atoms with E-state index in [9.17, 15) is 10.1 Å². The van der Waals surface area contributed by atoms with Crippen LogP contribution in [0.3, 0.4) is 0 Å². The van der Waals surface area contributed by atoms with Gasteiger partial charge in [0, 0.05) is 15.5 Å². The summed E-state index contributed by atoms with van der Waals surface area (Å²) in [5.41, 5.74) is 19.2. The van der Waals surface area contributed by atoms with Gasteiger partial charge in [-0.3, -0.25) is 10.1 Å². The Bertz CT molecular complexity index is 1020. The maximum atomic E-state index is 11.4. The Morgan fingerprint density at radius 1 is 1.07 bits per heavy atom. The molecule has 0 radical (unpaired) electrons. The van der Waals surface area contributed by atoms with Crippen LogP contribution in [0.15, 0.2) is 48.5 Å². The summed E-state index contributed by atoms with van der Waals surface area (Å²) < 4.78 is 5.94. The summed E-state index contributed by atoms with van der Waals surface area (Å²) >= 11 is 6.01. The number of anilines is 3. The molecule has 0 saturated carbocycles. The first kappa shape index (κ1) is 20.2. The number of nitrogens with zero attached hydrogens (tertiary/aromatic N) is 3. The zero-order chi connectivity index (χ0) is 21.0. The number of benzene rings is 2. The van der Waals surface area contributed by atoms with Gasteiger partial charge in [0.05, 0.1) is 11.5 Å². The van der Waals surface area contributed by atoms with E-state index in [0.29, 0.717) is 16.3 Å². The van der Waals surface area contributed by atoms with Crippen LogP contribution in [0.5, 0.6) is 5.75 Å². The molecule has 6 N–H and O–H groups in total. The monoisotopic (exact) mass is 414 g/mol. The summed E-state index contributed by atoms with van der Waals surface area (Å²) in [5, 5.41) is 12.0. The van der Waals surface area contributed by atoms with Crippen LogP contribution >= 0.6 is 11.6 Å². The lowest BCUT2D eigenvalue weighted by atomic mass is 9.91. The fraction of sp³-hybridized carbons (Fsp3) is 0.158. The number of hydrogen-bond donors (Lipinski definition) is 3. The van der Waals surface area contributed by atoms with Crippen LogP contribution in [0.4, 0.5) is 17.6 Å². The van der Waals surface area contributed by atoms with Crippen molar-refractivity contribution in [2.75, 3.05) is 23.7 Å². The zero-order valence-electron chi connectivity index (χ0n) is 15.3. The van der Waals surface area contributed by atoms with Crippen molar-refractivity contribution < 1.29 is 9.66 Å². The minimum absolute atomic E-state index is 0.00788. The largest absolute Gasteiger partial charge is 0.489 e. The van der Waals surface area contributed by atoms with E-state index in [4.69, 9.17) is 33.5 Å². The minimum Gasteiger partial charge on any atom is -0.489 e. The van der Waals surface area contributed by atoms with Gasteiger partial charge in [0.25, 0.3) is 0 Å². The molecule has 150 valence electrons. The van der Waals surface area contributed by atoms with E-state index in [1.165, 1.54) is 0 Å². The summed E-state index contributed by atoms with van der Waals surface area (Å²) in [7, 11) is 0. The molecular formula is C19H19ClN6O3. The van der Waals surface area contributed by atoms with Crippen molar-refractivity contribution in [2.45, 2.75) is 12.5 Å². The summed E-state index contributed by atoms with van der Waals surface area (Å²) in [6.07, 6.45) is 0. The van der Waals surface area contributed by atoms with Gasteiger partial charge in [0.2, 0.25) is 12.5 Å². The molecule has 1 atom stereocenters. The number of nitro groups is 1. The number of nitrogens with two attached hydrogens (primary N) is 3. The smallest absolute Gasteiger partial charge is 0.223 e. The molecule has 3 aromatic rings. The normalized spacial score (nSPS) is 11.8. The second kappa shape index (κ2) is 8.61. The van der Waals surface area contributed by atoms with Crippen molar-refractivity contribution in [2.24, 2.45) is 0 Å². The van der Waals surface area contributed by atoms with Crippen molar-refractivity contribution in [3.8, 4) is 5.75 Å². The standard InChI is InChI=1S/C19H19ClN6O3/c20-12-5-3-4-11(8-12)10-29-15-7-2-1-6-13(15)14(9-26(27)28)16-17(21)24-19(23)25-18(16)22/h1-8,14H,9-10H2,(H6,21,22,23,24,25). The first-order chi connectivity index (χ1) is 13.8. The van der Waals surface area contributed by atoms with Gasteiger partial charge in [-0.25, -0.2) is 0 Å². The second-order valence-corrected chi connectivity index (χ2v) is 6.73. The van der Waals surface area contributed by atoms with Crippen molar-refractivity contribution >= 4 is 29.2 Å². The van der Waals surface area contributed by atoms with Gasteiger partial charge in [0.1, 0.15) is 24.0 Å². The molecule has 29 heavy (non-hydrogen) atoms. The summed E-state index contributed by atoms with van der Waals surface area (Å²) in [6, 6.07) is 14.2. The molecule has 1 unspecified atom stereocenters. The van der Waals surface area contributed by atoms with Gasteiger partial charge in [-0.1, -0.05) is 41.9 Å². The summed E-state index contributed by atoms with van der Waals surface area (Å²) in [6.45, 7) is -0.245. The number of aromatic nitrogens is 2. The third kappa shape index (κ3) is 4.82. The molecule has 0 spiro atoms. The molecule has 0 aliphatic rings. The van der Waals surface area contributed by atoms with Crippen LogP contribution < -0.4 is 21.9 Å². The van der Waals surface area contributed by atoms with Crippen LogP contribution in [-0.2, 0) is 6.61 Å². The quantitative estimate of drug-likeness (QED) is 0.393. The zero-order valence-corrected chi connectivity index (χ0v) is 16.0. The molecule has 0 amide bonds. The predicted octanol–water partition coefficient (Wildman–Crippen LogP) is 2.86. The highest BCUT2D eigenvalue weighted by molar-refractivity contribution is 6.30. The average Bonchev–Trinajstić information content (AvgIpc) is 2.65. The Balaban J connectivity index is 2.00. The lowest BCUT2D eigenvalue weighted by Crippen LogP contribution is -2.20. The summed E-state index contributed by atoms with van der Waals surface area (Å²) in [4.78, 5) is 18.7. The number of ether oxygens (including phenoxy) is 1. The Morgan fingerprint density at radius 3 is 2.41 bits per heavy atom. The molecule has 0 aliphatic carbocycles. The van der Waals surface area contributed by atoms with E-state index in [0.717, 1.165) is 5.56 Å². The molecule has 1 aromatic heterocycles. The molecular weight excluding hydrogens is 396 g/mol. The lowest BCUT2D eigenvalue weighted by Gasteiger charge is -2.20. The third-order valence-electron chi connectivity index (χ3n) is 4.28. The van der Waals surface area contributed by atoms with Gasteiger partial charge in [-0.05, 0) is 23.8 Å². The van der Waals surface area contributed by atoms with Crippen molar-refractivity contribution in [1.82, 2.24) is 9.97 Å². The van der Waals surface area contributed by atoms with Gasteiger partial charge >= 0.3 is 0 Å². The van der Waals surface area contributed by atoms with E-state index in [2.05, 4.69) is 9.97 Å². The summed E-state index contributed by atoms with van der Waals surface area (Å²) in [5.74, 6) is -0.483. The van der Waals surface area contributed by atoms with Gasteiger partial charge in [0.15, 0.2) is 0 Å². The first-order valence-electron chi connectivity index (χ1n) is 8.61. The fourth-order valence-corrected chi connectivity index (χ4v) is 3.28. The van der Waals surface area contributed by atoms with Gasteiger partial charge in [-0.15, -0.1) is 0 Å². The fourth-order valence-electron chi connectivity index (χ4n) is 3.06. The van der Waals surface area contributed by atoms with Gasteiger partial charge in [-0.2, -0.15) is 9.97 Å². The number of para-hydroxylation sites is 1. The molecule has 1 heterocycles. The Labute approximate surface area is 171 Å². The molecule has 3 rings (SSSR count). The van der Waals surface area contributed by atoms with E-state index in [-0.39, 0.29) is 29.8 Å². The van der Waals surface area contributed by atoms with Crippen LogP contribution in [0.25, 0.3) is 0 Å². The SMILES string of the molecule is Nc1nc(N)c(C(C[N+](=O)[O-])c2ccccc2OCc2cccc(Cl)c2)c(N)n1. The highest BCUT2D eigenvalue weighted by Crippen LogP contribution is 2.37. The van der Waals surface area contributed by atoms with Gasteiger partial charge < -0.3 is 21.9 Å². The maximum Gasteiger partial charge on any atom is 0.223 e. The second-order valence-electron chi connectivity index (χ2n) is 6.29. The van der Waals surface area contributed by atoms with Crippen LogP contribution in [0.1, 0.15) is 22.6 Å². The Kier molecular flexibility index (Phi) is 5.99. The van der Waals surface area contributed by atoms with Crippen molar-refractivity contribution in [3.05, 3.63) is 80.4 Å². The van der Waals surface area contributed by atoms with E-state index in [1.807, 2.05) is 12.1 Å². The van der Waals surface area contributed by atoms with E-state index >= 15 is 0 Å². The molecule has 0 aliphatic heterocycles. The van der Waals surface area contributed by atoms with Crippen LogP contribution in [0, 0.1) is 10.1 Å². The molecule has 0 saturated heterocycles. The average molecular weight is 415 g/mol. The molecule has 2 aromatic carbocycles. The molecule has 0 bridgehead atoms. The third-order valence-corrected chi connectivity index (χ3v) is 4.51. The van der Waals surface area contributed by atoms with E-state index < -0.39 is 17.4 Å². The first-order valence-corrected chi connectivity index (χ1v) is 8.99. The van der Waals surface area contributed by atoms with Crippen molar-refractivity contribution in [1.29, 1.82) is 0 Å². The number of nitrogen functional groups attached to an aromatic ring is 3. The number of hydrogen-bond acceptors (Lipinski definition) is 8. The highest BCUT2D eigenvalue weighted by Gasteiger charge is 2.29. The topological polar surface area (TPSA) is 156 Å². The van der Waals surface area contributed by atoms with Crippen molar-refractivity contribution in [3.63, 3.8) is 0 Å². The molecule has 10 heteroatoms. The lowest BCUT2D eigenvalue weighted by molar-refractivity contribution is -0.481. The number of halogens is 1. The van der Waals surface area contributed by atoms with Crippen LogP contribution in [-0.4, -0.2) is 21.4 Å². The highest BCUT2D eigenvalue weighted by atomic mass is 35.5. The Morgan fingerprint density at radius 2 is 1.76 bits per heavy atom. The predicted molar refractivity (Wildman–Crippen MR) is 111 cm³/mol. The Hall–Kier alpha value is -3.59.